The molecule has 6 aromatic carbocycles. The van der Waals surface area contributed by atoms with Crippen LogP contribution in [0.4, 0.5) is 0 Å². The first-order valence-electron chi connectivity index (χ1n) is 46.4. The number of phosphoric ester groups is 2. The molecule has 146 heavy (non-hydrogen) atoms. The maximum absolute atomic E-state index is 15.4. The topological polar surface area (TPSA) is 477 Å². The summed E-state index contributed by atoms with van der Waals surface area (Å²) in [5.41, 5.74) is -14.0. The molecule has 38 nitrogen and oxygen atoms in total. The van der Waals surface area contributed by atoms with Gasteiger partial charge in [0.1, 0.15) is 114 Å². The fourth-order valence-electron chi connectivity index (χ4n) is 18.7. The number of phenolic OH excluding ortho intramolecular Hbond substituents is 1. The predicted molar refractivity (Wildman–Crippen MR) is 527 cm³/mol. The number of rotatable bonds is 48. The number of likely N-dealkylation sites (N-methyl/N-ethyl adjacent to an activating group) is 2. The number of fused-ring (bicyclic) bond motifs is 12. The highest BCUT2D eigenvalue weighted by molar-refractivity contribution is 9.10. The van der Waals surface area contributed by atoms with Gasteiger partial charge in [-0.2, -0.15) is 0 Å². The van der Waals surface area contributed by atoms with Crippen molar-refractivity contribution in [3.63, 3.8) is 0 Å². The molecule has 2 amide bonds. The molecule has 5 heterocycles. The third-order valence-corrected chi connectivity index (χ3v) is 28.5. The summed E-state index contributed by atoms with van der Waals surface area (Å²) in [6, 6.07) is 31.9. The zero-order valence-corrected chi connectivity index (χ0v) is 89.4. The minimum absolute atomic E-state index is 0.0358. The monoisotopic (exact) mass is 2190 g/mol. The van der Waals surface area contributed by atoms with E-state index in [0.29, 0.717) is 53.7 Å². The molecule has 0 aliphatic carbocycles. The van der Waals surface area contributed by atoms with Gasteiger partial charge < -0.3 is 85.4 Å². The Hall–Kier alpha value is -12.0. The van der Waals surface area contributed by atoms with Crippen molar-refractivity contribution in [2.45, 2.75) is 141 Å². The van der Waals surface area contributed by atoms with Crippen molar-refractivity contribution in [2.24, 2.45) is 37.9 Å². The maximum atomic E-state index is 15.4. The summed E-state index contributed by atoms with van der Waals surface area (Å²) in [6.45, 7) is 8.59. The van der Waals surface area contributed by atoms with E-state index in [1.807, 2.05) is 55.3 Å². The highest BCUT2D eigenvalue weighted by Gasteiger charge is 2.60. The molecule has 5 aliphatic heterocycles. The maximum Gasteiger partial charge on any atom is 0.472 e. The van der Waals surface area contributed by atoms with Crippen LogP contribution < -0.4 is 18.9 Å². The number of aryl methyl sites for hydroxylation is 1. The number of benzene rings is 6. The summed E-state index contributed by atoms with van der Waals surface area (Å²) < 4.78 is 122. The third kappa shape index (κ3) is 26.4. The number of esters is 11. The van der Waals surface area contributed by atoms with Gasteiger partial charge in [0.15, 0.2) is 24.4 Å². The van der Waals surface area contributed by atoms with Crippen molar-refractivity contribution in [3.8, 4) is 64.9 Å². The largest absolute Gasteiger partial charge is 0.508 e. The number of nitrogens with zero attached hydrogens (tertiary/aromatic N) is 3. The van der Waals surface area contributed by atoms with Crippen LogP contribution in [0.15, 0.2) is 133 Å². The highest BCUT2D eigenvalue weighted by Crippen LogP contribution is 2.61. The first-order valence-corrected chi connectivity index (χ1v) is 51.0. The van der Waals surface area contributed by atoms with Gasteiger partial charge in [0.05, 0.1) is 106 Å². The van der Waals surface area contributed by atoms with E-state index in [0.717, 1.165) is 29.5 Å². The summed E-state index contributed by atoms with van der Waals surface area (Å²) in [7, 11) is 1.24. The molecule has 5 aliphatic rings. The fraction of sp³-hybridized carbons (Fsp3) is 0.471. The second-order valence-electron chi connectivity index (χ2n) is 41.8. The van der Waals surface area contributed by atoms with Crippen molar-refractivity contribution in [1.29, 1.82) is 0 Å². The second kappa shape index (κ2) is 44.2. The van der Waals surface area contributed by atoms with Gasteiger partial charge in [-0.3, -0.25) is 75.7 Å². The average Bonchev–Trinajstić information content (AvgIpc) is 1.54. The Morgan fingerprint density at radius 1 is 0.404 bits per heavy atom. The standard InChI is InChI=1S/C104H119Br2N3O35P2/c1-21-44-128-89(119)98(10,61-101(13,105)92(122)139-67-33-37-75-79(55-67)141-77-53-65(3)31-35-73(77)103(75)71-29-25-23-27-69(71)83(113)143-103)59-96(8,87(117)131-49-51-137-145(124,125)135-47-42-108(15,16)17)57-94(4,5)85(115)133-63-100(12,91(121)130-46-41-107-81(111)39-40-82(107)112)64-134-86(116)95(6,7)58-97(9,88(118)132-50-52-138-146(126,127)136-48-43-109(18,19)20)60-99(11,90(120)129-45-22-2)62-102(14,106)93(123)140-68-34-38-76-80(56-68)142-78-54-66(110)32-36-74(78)104(76)72-30-26-24-28-70(72)84(114)144-104/h1-2,23-40,53-56H,41-52,57-64H2,3-20H3,(H-2,110,124,125,126,127)/p+2. The van der Waals surface area contributed by atoms with E-state index in [4.69, 9.17) is 92.5 Å². The molecule has 11 unspecified atom stereocenters. The van der Waals surface area contributed by atoms with Crippen LogP contribution in [0.25, 0.3) is 0 Å². The predicted octanol–water partition coefficient (Wildman–Crippen LogP) is 13.8. The van der Waals surface area contributed by atoms with E-state index < -0.39 is 255 Å². The number of alkyl halides is 2. The van der Waals surface area contributed by atoms with Crippen LogP contribution in [0.5, 0.6) is 40.2 Å². The zero-order valence-electron chi connectivity index (χ0n) is 84.4. The number of ether oxygens (including phenoxy) is 13. The molecule has 42 heteroatoms. The van der Waals surface area contributed by atoms with Gasteiger partial charge in [-0.05, 0) is 182 Å². The van der Waals surface area contributed by atoms with Gasteiger partial charge in [-0.25, -0.2) is 18.7 Å². The van der Waals surface area contributed by atoms with Crippen LogP contribution in [0.3, 0.4) is 0 Å². The number of halogens is 2. The number of hydrogen-bond donors (Lipinski definition) is 3. The second-order valence-corrected chi connectivity index (χ2v) is 48.2. The summed E-state index contributed by atoms with van der Waals surface area (Å²) in [5.74, 6) is -8.46. The van der Waals surface area contributed by atoms with Gasteiger partial charge >= 0.3 is 81.3 Å². The minimum Gasteiger partial charge on any atom is -0.508 e. The van der Waals surface area contributed by atoms with E-state index in [1.54, 1.807) is 72.8 Å². The average molecular weight is 2190 g/mol. The number of terminal acetylenes is 2. The molecule has 0 radical (unpaired) electrons. The Morgan fingerprint density at radius 3 is 1.14 bits per heavy atom. The number of hydrogen-bond acceptors (Lipinski definition) is 33. The first-order chi connectivity index (χ1) is 67.8. The fourth-order valence-corrected chi connectivity index (χ4v) is 21.5. The molecule has 2 spiro atoms. The van der Waals surface area contributed by atoms with Crippen LogP contribution in [0.1, 0.15) is 174 Å². The number of phenols is 1. The molecular formula is C104H121Br2N3O35P2+2. The van der Waals surface area contributed by atoms with Crippen molar-refractivity contribution in [1.82, 2.24) is 4.90 Å². The molecule has 0 saturated carbocycles. The van der Waals surface area contributed by atoms with Gasteiger partial charge in [0.2, 0.25) is 0 Å². The first kappa shape index (κ1) is 114. The lowest BCUT2D eigenvalue weighted by Crippen LogP contribution is -2.49. The lowest BCUT2D eigenvalue weighted by atomic mass is 9.64. The van der Waals surface area contributed by atoms with E-state index in [1.165, 1.54) is 112 Å². The quantitative estimate of drug-likeness (QED) is 0.00367. The van der Waals surface area contributed by atoms with Gasteiger partial charge in [-0.15, -0.1) is 12.8 Å². The lowest BCUT2D eigenvalue weighted by Gasteiger charge is -2.42. The highest BCUT2D eigenvalue weighted by atomic mass is 79.9. The summed E-state index contributed by atoms with van der Waals surface area (Å²) in [6.07, 6.45) is 9.25. The molecule has 6 aromatic rings. The molecule has 11 atom stereocenters. The molecule has 0 fully saturated rings. The van der Waals surface area contributed by atoms with Crippen LogP contribution in [-0.4, -0.2) is 249 Å². The Bertz CT molecular complexity index is 6000. The van der Waals surface area contributed by atoms with Crippen LogP contribution in [0, 0.1) is 69.5 Å². The molecule has 3 N–H and O–H groups in total. The third-order valence-electron chi connectivity index (χ3n) is 25.3. The smallest absolute Gasteiger partial charge is 0.472 e. The summed E-state index contributed by atoms with van der Waals surface area (Å²) in [5, 5.41) is 10.7. The number of quaternary nitrogens is 2. The molecule has 0 aromatic heterocycles. The van der Waals surface area contributed by atoms with Crippen molar-refractivity contribution in [3.05, 3.63) is 184 Å². The van der Waals surface area contributed by atoms with Crippen LogP contribution in [-0.2, 0) is 134 Å². The molecule has 784 valence electrons. The van der Waals surface area contributed by atoms with E-state index in [9.17, 15) is 62.4 Å². The Morgan fingerprint density at radius 2 is 0.747 bits per heavy atom. The number of amides is 2. The Labute approximate surface area is 862 Å². The molecule has 0 bridgehead atoms. The van der Waals surface area contributed by atoms with E-state index in [2.05, 4.69) is 43.7 Å². The van der Waals surface area contributed by atoms with Gasteiger partial charge in [-0.1, -0.05) is 92.2 Å². The molecule has 11 rings (SSSR count). The zero-order chi connectivity index (χ0) is 108. The van der Waals surface area contributed by atoms with Crippen LogP contribution >= 0.6 is 47.5 Å². The number of carbonyl (C=O) groups excluding carboxylic acids is 13. The Balaban J connectivity index is 0.872. The SMILES string of the molecule is C#CCOC(=O)C(C)(CC(C)(Br)C(=O)Oc1ccc2c(c1)Oc1cc(C)ccc1C21OC(=O)c2ccccc21)CC(C)(CC(C)(C)C(=O)OCC(C)(COC(=O)C(C)(C)CC(C)(CC(C)(CC(C)(Br)C(=O)Oc1ccc2c(c1)Oc1cc(O)ccc1C21OC(=O)c2ccccc21)C(=O)OCC#C)C(=O)OCCOP(=O)(O)OCC[N+](C)(C)C)C(=O)OCCN1C(=O)C=CC1=O)C(=O)OCCOP(=O)(O)OCC[N+](C)(C)C. The van der Waals surface area contributed by atoms with Gasteiger partial charge in [0, 0.05) is 63.7 Å². The normalized spacial score (nSPS) is 19.1. The number of imide groups is 1. The molecule has 0 saturated heterocycles. The van der Waals surface area contributed by atoms with Crippen LogP contribution in [0.2, 0.25) is 0 Å². The lowest BCUT2D eigenvalue weighted by molar-refractivity contribution is -0.870. The van der Waals surface area contributed by atoms with Gasteiger partial charge in [0.25, 0.3) is 11.8 Å². The van der Waals surface area contributed by atoms with Crippen molar-refractivity contribution < 1.29 is 175 Å². The van der Waals surface area contributed by atoms with E-state index in [-0.39, 0.29) is 66.4 Å². The minimum atomic E-state index is -4.81. The summed E-state index contributed by atoms with van der Waals surface area (Å²) in [4.78, 5) is 211. The number of carbonyl (C=O) groups is 13. The van der Waals surface area contributed by atoms with Crippen molar-refractivity contribution >= 4 is 125 Å². The molecular weight excluding hydrogens is 2070 g/mol. The Kier molecular flexibility index (Phi) is 34.6. The van der Waals surface area contributed by atoms with E-state index >= 15 is 24.0 Å². The summed E-state index contributed by atoms with van der Waals surface area (Å²) >= 11 is 7.05. The number of aromatic hydroxyl groups is 1. The number of phosphoric acid groups is 2. The van der Waals surface area contributed by atoms with Crippen molar-refractivity contribution in [2.75, 3.05) is 135 Å².